The summed E-state index contributed by atoms with van der Waals surface area (Å²) in [6.07, 6.45) is 4.57. The molecule has 0 amide bonds. The van der Waals surface area contributed by atoms with E-state index in [1.807, 2.05) is 0 Å². The Morgan fingerprint density at radius 1 is 0.939 bits per heavy atom. The Morgan fingerprint density at radius 3 is 2.15 bits per heavy atom. The van der Waals surface area contributed by atoms with Gasteiger partial charge in [0, 0.05) is 43.6 Å². The van der Waals surface area contributed by atoms with Crippen molar-refractivity contribution in [3.63, 3.8) is 0 Å². The van der Waals surface area contributed by atoms with Gasteiger partial charge in [-0.2, -0.15) is 0 Å². The standard InChI is InChI=1S/C24H28O9/c1-28-16-9-7-13(12-17(16)29-2)19-15-11-14(8-10-18(25)30-3)21(20(19)23(27)31-4)24(32-5,33-6)22(15)26/h7-12,14,19-21H,1-6H3/b10-8+. The van der Waals surface area contributed by atoms with Crippen molar-refractivity contribution in [1.82, 2.24) is 0 Å². The van der Waals surface area contributed by atoms with E-state index < -0.39 is 41.4 Å². The molecule has 3 aliphatic rings. The summed E-state index contributed by atoms with van der Waals surface area (Å²) in [5, 5.41) is 0. The summed E-state index contributed by atoms with van der Waals surface area (Å²) in [5.41, 5.74) is 0.993. The summed E-state index contributed by atoms with van der Waals surface area (Å²) >= 11 is 0. The van der Waals surface area contributed by atoms with Crippen LogP contribution in [-0.2, 0) is 33.3 Å². The fraction of sp³-hybridized carbons (Fsp3) is 0.458. The minimum Gasteiger partial charge on any atom is -0.493 e. The second-order valence-electron chi connectivity index (χ2n) is 7.65. The van der Waals surface area contributed by atoms with Crippen LogP contribution in [0.2, 0.25) is 0 Å². The first kappa shape index (κ1) is 24.5. The number of fused-ring (bicyclic) bond motifs is 3. The zero-order valence-corrected chi connectivity index (χ0v) is 19.4. The highest BCUT2D eigenvalue weighted by Gasteiger charge is 2.65. The van der Waals surface area contributed by atoms with E-state index in [2.05, 4.69) is 4.74 Å². The van der Waals surface area contributed by atoms with E-state index in [9.17, 15) is 14.4 Å². The van der Waals surface area contributed by atoms with Crippen molar-refractivity contribution < 1.29 is 42.8 Å². The third-order valence-electron chi connectivity index (χ3n) is 6.39. The third kappa shape index (κ3) is 3.91. The quantitative estimate of drug-likeness (QED) is 0.327. The highest BCUT2D eigenvalue weighted by molar-refractivity contribution is 6.06. The smallest absolute Gasteiger partial charge is 0.330 e. The minimum atomic E-state index is -1.72. The molecule has 3 aliphatic carbocycles. The van der Waals surface area contributed by atoms with Crippen molar-refractivity contribution in [2.45, 2.75) is 11.7 Å². The highest BCUT2D eigenvalue weighted by atomic mass is 16.7. The lowest BCUT2D eigenvalue weighted by Crippen LogP contribution is -2.64. The normalized spacial score (nSPS) is 25.5. The van der Waals surface area contributed by atoms with E-state index in [-0.39, 0.29) is 5.78 Å². The largest absolute Gasteiger partial charge is 0.493 e. The number of carbonyl (C=O) groups is 3. The van der Waals surface area contributed by atoms with Crippen molar-refractivity contribution in [3.05, 3.63) is 47.6 Å². The molecule has 4 atom stereocenters. The maximum absolute atomic E-state index is 13.6. The van der Waals surface area contributed by atoms with Gasteiger partial charge in [0.05, 0.1) is 34.4 Å². The van der Waals surface area contributed by atoms with Gasteiger partial charge in [0.2, 0.25) is 11.6 Å². The lowest BCUT2D eigenvalue weighted by Gasteiger charge is -2.53. The Morgan fingerprint density at radius 2 is 1.61 bits per heavy atom. The Bertz CT molecular complexity index is 990. The van der Waals surface area contributed by atoms with Gasteiger partial charge in [0.1, 0.15) is 0 Å². The second kappa shape index (κ2) is 9.76. The van der Waals surface area contributed by atoms with Gasteiger partial charge in [-0.25, -0.2) is 4.79 Å². The summed E-state index contributed by atoms with van der Waals surface area (Å²) in [5.74, 6) is -5.07. The third-order valence-corrected chi connectivity index (χ3v) is 6.39. The van der Waals surface area contributed by atoms with Crippen molar-refractivity contribution in [2.24, 2.45) is 17.8 Å². The fourth-order valence-electron chi connectivity index (χ4n) is 4.94. The predicted molar refractivity (Wildman–Crippen MR) is 116 cm³/mol. The first-order chi connectivity index (χ1) is 15.8. The molecule has 0 N–H and O–H groups in total. The van der Waals surface area contributed by atoms with E-state index in [1.54, 1.807) is 30.4 Å². The molecule has 4 unspecified atom stereocenters. The van der Waals surface area contributed by atoms with Crippen LogP contribution < -0.4 is 9.47 Å². The van der Waals surface area contributed by atoms with Crippen LogP contribution in [-0.4, -0.2) is 66.2 Å². The van der Waals surface area contributed by atoms with Crippen molar-refractivity contribution in [1.29, 1.82) is 0 Å². The van der Waals surface area contributed by atoms with Crippen LogP contribution in [0.4, 0.5) is 0 Å². The molecule has 4 rings (SSSR count). The molecule has 178 valence electrons. The van der Waals surface area contributed by atoms with Crippen molar-refractivity contribution >= 4 is 17.7 Å². The van der Waals surface area contributed by atoms with Gasteiger partial charge < -0.3 is 28.4 Å². The monoisotopic (exact) mass is 460 g/mol. The number of hydrogen-bond acceptors (Lipinski definition) is 9. The maximum Gasteiger partial charge on any atom is 0.330 e. The number of carbonyl (C=O) groups excluding carboxylic acids is 3. The Labute approximate surface area is 192 Å². The lowest BCUT2D eigenvalue weighted by atomic mass is 9.55. The number of ether oxygens (including phenoxy) is 6. The molecule has 0 heterocycles. The van der Waals surface area contributed by atoms with E-state index >= 15 is 0 Å². The van der Waals surface area contributed by atoms with E-state index in [1.165, 1.54) is 48.7 Å². The molecule has 0 aromatic heterocycles. The summed E-state index contributed by atoms with van der Waals surface area (Å²) in [4.78, 5) is 38.5. The summed E-state index contributed by atoms with van der Waals surface area (Å²) in [7, 11) is 8.28. The first-order valence-corrected chi connectivity index (χ1v) is 10.3. The van der Waals surface area contributed by atoms with Gasteiger partial charge in [-0.15, -0.1) is 0 Å². The molecule has 9 nitrogen and oxygen atoms in total. The molecule has 0 aliphatic heterocycles. The number of benzene rings is 1. The number of hydrogen-bond donors (Lipinski definition) is 0. The molecule has 1 saturated carbocycles. The first-order valence-electron chi connectivity index (χ1n) is 10.3. The molecule has 0 saturated heterocycles. The average molecular weight is 460 g/mol. The SMILES string of the molecule is COC(=O)/C=C/C1C=C2C(=O)C(OC)(OC)C1C(C(=O)OC)C2c1ccc(OC)c(OC)c1. The topological polar surface area (TPSA) is 107 Å². The van der Waals surface area contributed by atoms with E-state index in [4.69, 9.17) is 23.7 Å². The zero-order chi connectivity index (χ0) is 24.3. The average Bonchev–Trinajstić information content (AvgIpc) is 2.86. The van der Waals surface area contributed by atoms with Crippen LogP contribution in [0.25, 0.3) is 0 Å². The van der Waals surface area contributed by atoms with Gasteiger partial charge in [0.15, 0.2) is 11.5 Å². The number of Topliss-reactive ketones (excluding diaryl/α,β-unsaturated/α-hetero) is 1. The molecule has 0 radical (unpaired) electrons. The van der Waals surface area contributed by atoms with Crippen molar-refractivity contribution in [2.75, 3.05) is 42.7 Å². The van der Waals surface area contributed by atoms with E-state index in [0.717, 1.165) is 0 Å². The van der Waals surface area contributed by atoms with Gasteiger partial charge >= 0.3 is 11.9 Å². The predicted octanol–water partition coefficient (Wildman–Crippen LogP) is 2.05. The number of esters is 2. The Kier molecular flexibility index (Phi) is 7.24. The highest BCUT2D eigenvalue weighted by Crippen LogP contribution is 2.57. The molecule has 33 heavy (non-hydrogen) atoms. The second-order valence-corrected chi connectivity index (χ2v) is 7.65. The molecule has 9 heteroatoms. The molecule has 1 fully saturated rings. The van der Waals surface area contributed by atoms with Crippen LogP contribution in [0.15, 0.2) is 42.0 Å². The van der Waals surface area contributed by atoms with Crippen LogP contribution in [0.5, 0.6) is 11.5 Å². The zero-order valence-electron chi connectivity index (χ0n) is 19.4. The van der Waals surface area contributed by atoms with Gasteiger partial charge in [-0.3, -0.25) is 9.59 Å². The molecular formula is C24H28O9. The van der Waals surface area contributed by atoms with Crippen LogP contribution >= 0.6 is 0 Å². The van der Waals surface area contributed by atoms with Crippen LogP contribution in [0.3, 0.4) is 0 Å². The fourth-order valence-corrected chi connectivity index (χ4v) is 4.94. The minimum absolute atomic E-state index is 0.323. The number of rotatable bonds is 8. The molecule has 1 aromatic carbocycles. The summed E-state index contributed by atoms with van der Waals surface area (Å²) < 4.78 is 31.8. The Balaban J connectivity index is 2.24. The van der Waals surface area contributed by atoms with E-state index in [0.29, 0.717) is 22.6 Å². The molecule has 0 spiro atoms. The van der Waals surface area contributed by atoms with Crippen LogP contribution in [0.1, 0.15) is 11.5 Å². The Hall–Kier alpha value is -3.17. The summed E-state index contributed by atoms with van der Waals surface area (Å²) in [6, 6.07) is 5.22. The maximum atomic E-state index is 13.6. The van der Waals surface area contributed by atoms with Crippen LogP contribution in [0, 0.1) is 17.8 Å². The molecule has 2 bridgehead atoms. The van der Waals surface area contributed by atoms with Gasteiger partial charge in [0.25, 0.3) is 0 Å². The van der Waals surface area contributed by atoms with Gasteiger partial charge in [-0.1, -0.05) is 18.2 Å². The number of allylic oxidation sites excluding steroid dienone is 2. The van der Waals surface area contributed by atoms with Crippen molar-refractivity contribution in [3.8, 4) is 11.5 Å². The lowest BCUT2D eigenvalue weighted by molar-refractivity contribution is -0.250. The molecular weight excluding hydrogens is 432 g/mol. The van der Waals surface area contributed by atoms with Gasteiger partial charge in [-0.05, 0) is 17.7 Å². The summed E-state index contributed by atoms with van der Waals surface area (Å²) in [6.45, 7) is 0. The number of ketones is 1. The molecule has 1 aromatic rings. The number of methoxy groups -OCH3 is 6.